The van der Waals surface area contributed by atoms with Gasteiger partial charge in [-0.15, -0.1) is 0 Å². The maximum atomic E-state index is 14.1. The van der Waals surface area contributed by atoms with E-state index in [-0.39, 0.29) is 35.8 Å². The van der Waals surface area contributed by atoms with Crippen molar-refractivity contribution in [3.63, 3.8) is 0 Å². The van der Waals surface area contributed by atoms with Gasteiger partial charge >= 0.3 is 6.09 Å². The molecule has 3 aliphatic rings. The van der Waals surface area contributed by atoms with Gasteiger partial charge in [0.05, 0.1) is 10.6 Å². The van der Waals surface area contributed by atoms with Crippen molar-refractivity contribution in [3.05, 3.63) is 89.0 Å². The molecule has 12 nitrogen and oxygen atoms in total. The Balaban J connectivity index is 1.11. The van der Waals surface area contributed by atoms with E-state index in [4.69, 9.17) is 10.5 Å². The van der Waals surface area contributed by atoms with Crippen molar-refractivity contribution in [1.82, 2.24) is 19.0 Å². The molecule has 0 radical (unpaired) electrons. The van der Waals surface area contributed by atoms with Gasteiger partial charge in [-0.05, 0) is 73.7 Å². The third-order valence-electron chi connectivity index (χ3n) is 9.86. The molecule has 3 aliphatic heterocycles. The van der Waals surface area contributed by atoms with Gasteiger partial charge in [-0.3, -0.25) is 9.69 Å². The Morgan fingerprint density at radius 2 is 1.65 bits per heavy atom. The zero-order valence-corrected chi connectivity index (χ0v) is 32.5. The van der Waals surface area contributed by atoms with Crippen molar-refractivity contribution in [1.29, 1.82) is 0 Å². The summed E-state index contributed by atoms with van der Waals surface area (Å²) in [7, 11) is -3.67. The molecule has 2 saturated heterocycles. The Kier molecular flexibility index (Phi) is 11.9. The first-order valence-electron chi connectivity index (χ1n) is 18.7. The Morgan fingerprint density at radius 1 is 0.963 bits per heavy atom. The molecule has 0 bridgehead atoms. The predicted octanol–water partition coefficient (Wildman–Crippen LogP) is 5.23. The summed E-state index contributed by atoms with van der Waals surface area (Å²) in [5.41, 5.74) is 11.5. The van der Waals surface area contributed by atoms with Crippen LogP contribution in [0, 0.1) is 5.92 Å². The molecule has 3 aromatic rings. The van der Waals surface area contributed by atoms with Gasteiger partial charge < -0.3 is 25.4 Å². The van der Waals surface area contributed by atoms with Crippen molar-refractivity contribution < 1.29 is 27.9 Å². The van der Waals surface area contributed by atoms with E-state index in [9.17, 15) is 23.1 Å². The number of aliphatic hydroxyl groups is 1. The van der Waals surface area contributed by atoms with Crippen LogP contribution in [-0.4, -0.2) is 108 Å². The molecule has 6 rings (SSSR count). The number of aliphatic hydroxyl groups excluding tert-OH is 1. The van der Waals surface area contributed by atoms with Crippen molar-refractivity contribution in [2.45, 2.75) is 64.1 Å². The number of rotatable bonds is 11. The summed E-state index contributed by atoms with van der Waals surface area (Å²) in [6.45, 7) is 12.9. The second-order valence-corrected chi connectivity index (χ2v) is 17.3. The number of amidine groups is 1. The molecule has 0 aliphatic carbocycles. The van der Waals surface area contributed by atoms with Gasteiger partial charge in [0, 0.05) is 89.0 Å². The Morgan fingerprint density at radius 3 is 2.31 bits per heavy atom. The highest BCUT2D eigenvalue weighted by atomic mass is 32.2. The zero-order chi connectivity index (χ0) is 38.6. The number of benzene rings is 3. The summed E-state index contributed by atoms with van der Waals surface area (Å²) >= 11 is 0. The second kappa shape index (κ2) is 16.4. The summed E-state index contributed by atoms with van der Waals surface area (Å²) in [4.78, 5) is 37.3. The predicted molar refractivity (Wildman–Crippen MR) is 210 cm³/mol. The van der Waals surface area contributed by atoms with Crippen LogP contribution >= 0.6 is 0 Å². The molecule has 288 valence electrons. The fourth-order valence-electron chi connectivity index (χ4n) is 6.90. The van der Waals surface area contributed by atoms with E-state index in [0.29, 0.717) is 56.4 Å². The first-order valence-corrected chi connectivity index (χ1v) is 20.1. The number of amides is 2. The van der Waals surface area contributed by atoms with Gasteiger partial charge in [-0.1, -0.05) is 55.5 Å². The number of nitrogens with two attached hydrogens (primary N) is 1. The molecule has 2 amide bonds. The Bertz CT molecular complexity index is 2010. The highest BCUT2D eigenvalue weighted by Gasteiger charge is 2.36. The van der Waals surface area contributed by atoms with Crippen molar-refractivity contribution in [2.75, 3.05) is 52.4 Å². The highest BCUT2D eigenvalue weighted by Crippen LogP contribution is 2.34. The van der Waals surface area contributed by atoms with Crippen LogP contribution in [0.3, 0.4) is 0 Å². The molecule has 0 saturated carbocycles. The van der Waals surface area contributed by atoms with Gasteiger partial charge in [0.15, 0.2) is 0 Å². The maximum Gasteiger partial charge on any atom is 0.410 e. The third kappa shape index (κ3) is 9.38. The fourth-order valence-corrected chi connectivity index (χ4v) is 8.53. The average molecular weight is 757 g/mol. The van der Waals surface area contributed by atoms with Gasteiger partial charge in [0.1, 0.15) is 11.4 Å². The molecule has 3 N–H and O–H groups in total. The lowest BCUT2D eigenvalue weighted by Crippen LogP contribution is -2.51. The number of fused-ring (bicyclic) bond motifs is 1. The zero-order valence-electron chi connectivity index (χ0n) is 31.7. The maximum absolute atomic E-state index is 14.1. The number of hydrogen-bond donors (Lipinski definition) is 2. The molecule has 0 atom stereocenters. The molecule has 2 fully saturated rings. The van der Waals surface area contributed by atoms with Crippen molar-refractivity contribution in [2.24, 2.45) is 16.6 Å². The monoisotopic (exact) mass is 756 g/mol. The SMILES string of the molecule is CCCN(Cc1ccc(CN2CCN(C(=O)OC(C)(C)C)CC2)cc1)C(=O)C1=Cc2ccc(-c3cccc(S(=O)(=O)N4CC(CO)C4)c3)cc2N=C(N)C1. The molecule has 3 heterocycles. The number of carbonyl (C=O) groups is 2. The Labute approximate surface area is 318 Å². The number of carbonyl (C=O) groups excluding carboxylic acids is 2. The van der Waals surface area contributed by atoms with E-state index >= 15 is 0 Å². The van der Waals surface area contributed by atoms with E-state index in [1.807, 2.05) is 56.0 Å². The lowest BCUT2D eigenvalue weighted by Gasteiger charge is -2.36. The second-order valence-electron chi connectivity index (χ2n) is 15.4. The standard InChI is InChI=1S/C41H52N6O6S/c1-5-15-46(25-30-11-9-29(10-12-30)24-44-16-18-45(19-17-44)40(50)53-41(2,3)4)39(49)35-20-34-14-13-33(22-37(34)43-38(42)23-35)32-7-6-8-36(21-32)54(51,52)47-26-31(27-47)28-48/h6-14,20-22,31,48H,5,15-19,23-28H2,1-4H3,(H2,42,43). The summed E-state index contributed by atoms with van der Waals surface area (Å²) in [6, 6.07) is 20.8. The minimum absolute atomic E-state index is 0.0277. The van der Waals surface area contributed by atoms with Gasteiger partial charge in [0.2, 0.25) is 10.0 Å². The van der Waals surface area contributed by atoms with Gasteiger partial charge in [0.25, 0.3) is 5.91 Å². The van der Waals surface area contributed by atoms with Crippen LogP contribution in [0.1, 0.15) is 57.2 Å². The minimum Gasteiger partial charge on any atom is -0.444 e. The first kappa shape index (κ1) is 39.1. The lowest BCUT2D eigenvalue weighted by molar-refractivity contribution is -0.127. The summed E-state index contributed by atoms with van der Waals surface area (Å²) in [5.74, 6) is 0.206. The number of piperazine rings is 1. The molecule has 0 spiro atoms. The van der Waals surface area contributed by atoms with Crippen LogP contribution in [-0.2, 0) is 32.6 Å². The number of aliphatic imine (C=N–C) groups is 1. The molecular formula is C41H52N6O6S. The van der Waals surface area contributed by atoms with E-state index in [1.54, 1.807) is 23.1 Å². The Hall–Kier alpha value is -4.56. The van der Waals surface area contributed by atoms with Crippen LogP contribution < -0.4 is 5.73 Å². The largest absolute Gasteiger partial charge is 0.444 e. The van der Waals surface area contributed by atoms with E-state index in [2.05, 4.69) is 41.1 Å². The minimum atomic E-state index is -3.67. The fraction of sp³-hybridized carbons (Fsp3) is 0.439. The topological polar surface area (TPSA) is 149 Å². The van der Waals surface area contributed by atoms with E-state index in [0.717, 1.165) is 48.3 Å². The van der Waals surface area contributed by atoms with Crippen molar-refractivity contribution in [3.8, 4) is 11.1 Å². The smallest absolute Gasteiger partial charge is 0.410 e. The van der Waals surface area contributed by atoms with Crippen LogP contribution in [0.15, 0.2) is 82.2 Å². The van der Waals surface area contributed by atoms with Crippen LogP contribution in [0.2, 0.25) is 0 Å². The first-order chi connectivity index (χ1) is 25.7. The number of sulfonamides is 1. The summed E-state index contributed by atoms with van der Waals surface area (Å²) in [6.07, 6.45) is 2.61. The summed E-state index contributed by atoms with van der Waals surface area (Å²) in [5, 5.41) is 9.33. The van der Waals surface area contributed by atoms with Crippen LogP contribution in [0.5, 0.6) is 0 Å². The quantitative estimate of drug-likeness (QED) is 0.270. The van der Waals surface area contributed by atoms with Crippen LogP contribution in [0.4, 0.5) is 10.5 Å². The van der Waals surface area contributed by atoms with E-state index in [1.165, 1.54) is 9.87 Å². The molecule has 13 heteroatoms. The number of hydrogen-bond acceptors (Lipinski definition) is 9. The van der Waals surface area contributed by atoms with E-state index < -0.39 is 15.6 Å². The lowest BCUT2D eigenvalue weighted by atomic mass is 10.0. The van der Waals surface area contributed by atoms with Gasteiger partial charge in [-0.25, -0.2) is 18.2 Å². The average Bonchev–Trinajstić information content (AvgIpc) is 3.28. The van der Waals surface area contributed by atoms with Crippen molar-refractivity contribution >= 4 is 39.6 Å². The molecule has 0 aromatic heterocycles. The molecule has 3 aromatic carbocycles. The molecular weight excluding hydrogens is 705 g/mol. The molecule has 54 heavy (non-hydrogen) atoms. The summed E-state index contributed by atoms with van der Waals surface area (Å²) < 4.78 is 33.3. The number of nitrogens with zero attached hydrogens (tertiary/aromatic N) is 5. The van der Waals surface area contributed by atoms with Gasteiger partial charge in [-0.2, -0.15) is 4.31 Å². The molecule has 0 unspecified atom stereocenters. The number of ether oxygens (including phenoxy) is 1. The van der Waals surface area contributed by atoms with Crippen LogP contribution in [0.25, 0.3) is 17.2 Å². The third-order valence-corrected chi connectivity index (χ3v) is 11.7. The highest BCUT2D eigenvalue weighted by molar-refractivity contribution is 7.89. The normalized spacial score (nSPS) is 17.2.